The van der Waals surface area contributed by atoms with E-state index in [0.29, 0.717) is 10.8 Å². The van der Waals surface area contributed by atoms with Gasteiger partial charge in [-0.1, -0.05) is 6.07 Å². The molecule has 0 radical (unpaired) electrons. The number of nitrogens with one attached hydrogen (secondary N) is 1. The molecule has 0 heterocycles. The number of rotatable bonds is 4. The summed E-state index contributed by atoms with van der Waals surface area (Å²) in [6.45, 7) is 0. The fraction of sp³-hybridized carbons (Fsp3) is 0.533. The topological polar surface area (TPSA) is 49.3 Å². The minimum Gasteiger partial charge on any atom is -0.465 e. The smallest absolute Gasteiger partial charge is 0.416 e. The second kappa shape index (κ2) is 7.26. The summed E-state index contributed by atoms with van der Waals surface area (Å²) in [4.78, 5) is 11.2. The van der Waals surface area contributed by atoms with Crippen LogP contribution in [0, 0.1) is 5.92 Å². The highest BCUT2D eigenvalue weighted by Crippen LogP contribution is 2.34. The molecule has 0 aliphatic heterocycles. The summed E-state index contributed by atoms with van der Waals surface area (Å²) in [5.74, 6) is 1.19. The van der Waals surface area contributed by atoms with Crippen LogP contribution in [0.25, 0.3) is 0 Å². The first-order chi connectivity index (χ1) is 10.3. The predicted octanol–water partition coefficient (Wildman–Crippen LogP) is 4.62. The number of thioether (sulfide) groups is 1. The van der Waals surface area contributed by atoms with Crippen molar-refractivity contribution in [2.24, 2.45) is 5.92 Å². The molecule has 0 aromatic heterocycles. The van der Waals surface area contributed by atoms with Crippen molar-refractivity contribution in [2.75, 3.05) is 5.75 Å². The summed E-state index contributed by atoms with van der Waals surface area (Å²) in [7, 11) is 0. The maximum atomic E-state index is 12.6. The third-order valence-electron chi connectivity index (χ3n) is 3.82. The van der Waals surface area contributed by atoms with E-state index >= 15 is 0 Å². The average molecular weight is 333 g/mol. The Morgan fingerprint density at radius 2 is 1.95 bits per heavy atom. The first-order valence-corrected chi connectivity index (χ1v) is 8.12. The van der Waals surface area contributed by atoms with E-state index in [-0.39, 0.29) is 6.04 Å². The van der Waals surface area contributed by atoms with E-state index in [2.05, 4.69) is 5.32 Å². The lowest BCUT2D eigenvalue weighted by molar-refractivity contribution is -0.137. The maximum absolute atomic E-state index is 12.6. The molecule has 1 aromatic rings. The van der Waals surface area contributed by atoms with Crippen LogP contribution in [0.2, 0.25) is 0 Å². The molecule has 1 aliphatic rings. The van der Waals surface area contributed by atoms with E-state index in [1.807, 2.05) is 0 Å². The lowest BCUT2D eigenvalue weighted by Gasteiger charge is -2.28. The lowest BCUT2D eigenvalue weighted by Crippen LogP contribution is -2.36. The van der Waals surface area contributed by atoms with Gasteiger partial charge in [-0.15, -0.1) is 11.8 Å². The molecule has 22 heavy (non-hydrogen) atoms. The molecule has 2 rings (SSSR count). The van der Waals surface area contributed by atoms with Gasteiger partial charge in [0.2, 0.25) is 0 Å². The van der Waals surface area contributed by atoms with Crippen LogP contribution < -0.4 is 5.32 Å². The zero-order chi connectivity index (χ0) is 16.2. The third-order valence-corrected chi connectivity index (χ3v) is 5.05. The SMILES string of the molecule is O=C(O)N[C@H]1CC[C@H](CSc2cccc(C(F)(F)F)c2)CC1. The molecule has 1 fully saturated rings. The number of benzene rings is 1. The molecule has 1 aliphatic carbocycles. The lowest BCUT2D eigenvalue weighted by atomic mass is 9.87. The minimum absolute atomic E-state index is 0.00677. The van der Waals surface area contributed by atoms with Crippen LogP contribution in [0.15, 0.2) is 29.2 Å². The van der Waals surface area contributed by atoms with Gasteiger partial charge in [0.25, 0.3) is 0 Å². The van der Waals surface area contributed by atoms with Crippen molar-refractivity contribution in [3.05, 3.63) is 29.8 Å². The first kappa shape index (κ1) is 17.0. The van der Waals surface area contributed by atoms with Crippen LogP contribution in [0.3, 0.4) is 0 Å². The molecule has 122 valence electrons. The number of amides is 1. The van der Waals surface area contributed by atoms with Crippen molar-refractivity contribution in [3.63, 3.8) is 0 Å². The van der Waals surface area contributed by atoms with E-state index in [4.69, 9.17) is 5.11 Å². The minimum atomic E-state index is -4.31. The van der Waals surface area contributed by atoms with Gasteiger partial charge in [0, 0.05) is 16.7 Å². The summed E-state index contributed by atoms with van der Waals surface area (Å²) >= 11 is 1.44. The van der Waals surface area contributed by atoms with E-state index in [0.717, 1.165) is 37.5 Å². The molecule has 1 amide bonds. The Morgan fingerprint density at radius 1 is 1.27 bits per heavy atom. The van der Waals surface area contributed by atoms with Crippen LogP contribution in [0.5, 0.6) is 0 Å². The van der Waals surface area contributed by atoms with Gasteiger partial charge in [-0.2, -0.15) is 13.2 Å². The standard InChI is InChI=1S/C15H18F3NO2S/c16-15(17,18)11-2-1-3-13(8-11)22-9-10-4-6-12(7-5-10)19-14(20)21/h1-3,8,10,12,19H,4-7,9H2,(H,20,21)/t10-,12-. The van der Waals surface area contributed by atoms with Gasteiger partial charge in [-0.3, -0.25) is 0 Å². The number of hydrogen-bond acceptors (Lipinski definition) is 2. The molecule has 2 N–H and O–H groups in total. The highest BCUT2D eigenvalue weighted by atomic mass is 32.2. The molecular weight excluding hydrogens is 315 g/mol. The molecule has 7 heteroatoms. The zero-order valence-electron chi connectivity index (χ0n) is 11.9. The highest BCUT2D eigenvalue weighted by molar-refractivity contribution is 7.99. The van der Waals surface area contributed by atoms with E-state index in [1.54, 1.807) is 6.07 Å². The van der Waals surface area contributed by atoms with Crippen LogP contribution in [0.4, 0.5) is 18.0 Å². The van der Waals surface area contributed by atoms with Gasteiger partial charge in [0.1, 0.15) is 0 Å². The summed E-state index contributed by atoms with van der Waals surface area (Å²) in [6, 6.07) is 5.39. The van der Waals surface area contributed by atoms with Crippen molar-refractivity contribution in [2.45, 2.75) is 42.8 Å². The van der Waals surface area contributed by atoms with Crippen LogP contribution in [-0.4, -0.2) is 23.0 Å². The Hall–Kier alpha value is -1.37. The van der Waals surface area contributed by atoms with Gasteiger partial charge in [0.05, 0.1) is 5.56 Å². The molecular formula is C15H18F3NO2S. The maximum Gasteiger partial charge on any atom is 0.416 e. The quantitative estimate of drug-likeness (QED) is 0.790. The average Bonchev–Trinajstić information content (AvgIpc) is 2.45. The Bertz CT molecular complexity index is 514. The Labute approximate surface area is 131 Å². The normalized spacial score (nSPS) is 22.3. The molecule has 0 atom stereocenters. The first-order valence-electron chi connectivity index (χ1n) is 7.14. The zero-order valence-corrected chi connectivity index (χ0v) is 12.7. The number of carboxylic acid groups (broad SMARTS) is 1. The molecule has 1 saturated carbocycles. The second-order valence-electron chi connectivity index (χ2n) is 5.50. The highest BCUT2D eigenvalue weighted by Gasteiger charge is 2.30. The van der Waals surface area contributed by atoms with Crippen LogP contribution >= 0.6 is 11.8 Å². The monoisotopic (exact) mass is 333 g/mol. The number of halogens is 3. The van der Waals surface area contributed by atoms with Gasteiger partial charge in [-0.05, 0) is 49.8 Å². The molecule has 1 aromatic carbocycles. The van der Waals surface area contributed by atoms with Crippen LogP contribution in [0.1, 0.15) is 31.2 Å². The molecule has 0 spiro atoms. The van der Waals surface area contributed by atoms with Gasteiger partial charge in [0.15, 0.2) is 0 Å². The van der Waals surface area contributed by atoms with Crippen molar-refractivity contribution in [1.29, 1.82) is 0 Å². The van der Waals surface area contributed by atoms with Crippen LogP contribution in [-0.2, 0) is 6.18 Å². The second-order valence-corrected chi connectivity index (χ2v) is 6.60. The number of alkyl halides is 3. The van der Waals surface area contributed by atoms with E-state index in [1.165, 1.54) is 23.9 Å². The van der Waals surface area contributed by atoms with Crippen molar-refractivity contribution >= 4 is 17.9 Å². The van der Waals surface area contributed by atoms with Crippen molar-refractivity contribution in [3.8, 4) is 0 Å². The van der Waals surface area contributed by atoms with Crippen molar-refractivity contribution in [1.82, 2.24) is 5.32 Å². The Morgan fingerprint density at radius 3 is 2.55 bits per heavy atom. The molecule has 3 nitrogen and oxygen atoms in total. The summed E-state index contributed by atoms with van der Waals surface area (Å²) in [6.07, 6.45) is -1.92. The summed E-state index contributed by atoms with van der Waals surface area (Å²) in [5.41, 5.74) is -0.619. The number of hydrogen-bond donors (Lipinski definition) is 2. The van der Waals surface area contributed by atoms with Crippen molar-refractivity contribution < 1.29 is 23.1 Å². The Kier molecular flexibility index (Phi) is 5.61. The molecule has 0 bridgehead atoms. The largest absolute Gasteiger partial charge is 0.465 e. The fourth-order valence-electron chi connectivity index (χ4n) is 2.62. The van der Waals surface area contributed by atoms with Gasteiger partial charge in [-0.25, -0.2) is 4.79 Å². The summed E-state index contributed by atoms with van der Waals surface area (Å²) in [5, 5.41) is 11.2. The van der Waals surface area contributed by atoms with E-state index in [9.17, 15) is 18.0 Å². The molecule has 0 unspecified atom stereocenters. The summed E-state index contributed by atoms with van der Waals surface area (Å²) < 4.78 is 37.9. The van der Waals surface area contributed by atoms with Gasteiger partial charge < -0.3 is 10.4 Å². The van der Waals surface area contributed by atoms with E-state index < -0.39 is 17.8 Å². The predicted molar refractivity (Wildman–Crippen MR) is 79.1 cm³/mol. The fourth-order valence-corrected chi connectivity index (χ4v) is 3.77. The Balaban J connectivity index is 1.81. The molecule has 0 saturated heterocycles. The third kappa shape index (κ3) is 5.12. The van der Waals surface area contributed by atoms with Gasteiger partial charge >= 0.3 is 12.3 Å². The number of carbonyl (C=O) groups is 1.